The number of ether oxygens (including phenoxy) is 3. The lowest BCUT2D eigenvalue weighted by Gasteiger charge is -2.26. The first kappa shape index (κ1) is 21.9. The lowest BCUT2D eigenvalue weighted by molar-refractivity contribution is 0.0322. The molecule has 7 heteroatoms. The van der Waals surface area contributed by atoms with Crippen molar-refractivity contribution in [1.82, 2.24) is 15.1 Å². The summed E-state index contributed by atoms with van der Waals surface area (Å²) in [7, 11) is 2.10. The van der Waals surface area contributed by atoms with Gasteiger partial charge in [-0.3, -0.25) is 4.90 Å². The maximum atomic E-state index is 6.10. The molecule has 2 aliphatic rings. The van der Waals surface area contributed by atoms with Crippen LogP contribution in [0.1, 0.15) is 18.9 Å². The minimum atomic E-state index is 0.583. The molecule has 1 aromatic carbocycles. The van der Waals surface area contributed by atoms with E-state index in [1.54, 1.807) is 0 Å². The predicted octanol–water partition coefficient (Wildman–Crippen LogP) is 1.83. The van der Waals surface area contributed by atoms with Crippen molar-refractivity contribution in [3.05, 3.63) is 29.8 Å². The summed E-state index contributed by atoms with van der Waals surface area (Å²) in [6.45, 7) is 11.5. The fourth-order valence-corrected chi connectivity index (χ4v) is 3.72. The first-order chi connectivity index (χ1) is 14.3. The molecule has 2 saturated heterocycles. The fraction of sp³-hybridized carbons (Fsp3) is 0.682. The Labute approximate surface area is 175 Å². The fourth-order valence-electron chi connectivity index (χ4n) is 3.72. The Morgan fingerprint density at radius 3 is 2.83 bits per heavy atom. The monoisotopic (exact) mass is 404 g/mol. The number of guanidine groups is 1. The van der Waals surface area contributed by atoms with Crippen molar-refractivity contribution in [3.63, 3.8) is 0 Å². The summed E-state index contributed by atoms with van der Waals surface area (Å²) in [6, 6.07) is 8.21. The van der Waals surface area contributed by atoms with Crippen molar-refractivity contribution < 1.29 is 14.2 Å². The van der Waals surface area contributed by atoms with E-state index in [0.29, 0.717) is 19.1 Å². The summed E-state index contributed by atoms with van der Waals surface area (Å²) < 4.78 is 17.0. The molecule has 0 aromatic heterocycles. The molecule has 2 fully saturated rings. The van der Waals surface area contributed by atoms with Crippen molar-refractivity contribution in [2.24, 2.45) is 10.9 Å². The third-order valence-electron chi connectivity index (χ3n) is 5.39. The number of benzene rings is 1. The van der Waals surface area contributed by atoms with E-state index < -0.39 is 0 Å². The zero-order chi connectivity index (χ0) is 20.3. The molecule has 1 atom stereocenters. The molecule has 1 aromatic rings. The van der Waals surface area contributed by atoms with Crippen molar-refractivity contribution in [3.8, 4) is 5.75 Å². The third kappa shape index (κ3) is 7.17. The molecule has 0 bridgehead atoms. The molecular weight excluding hydrogens is 368 g/mol. The highest BCUT2D eigenvalue weighted by Gasteiger charge is 2.19. The molecule has 3 rings (SSSR count). The number of hydrogen-bond donors (Lipinski definition) is 1. The Morgan fingerprint density at radius 2 is 2.07 bits per heavy atom. The second kappa shape index (κ2) is 12.0. The van der Waals surface area contributed by atoms with Gasteiger partial charge in [-0.25, -0.2) is 4.99 Å². The molecule has 1 unspecified atom stereocenters. The number of rotatable bonds is 9. The van der Waals surface area contributed by atoms with Gasteiger partial charge in [0.15, 0.2) is 5.96 Å². The number of morpholine rings is 1. The second-order valence-corrected chi connectivity index (χ2v) is 7.69. The van der Waals surface area contributed by atoms with Crippen LogP contribution < -0.4 is 10.1 Å². The average molecular weight is 405 g/mol. The van der Waals surface area contributed by atoms with Gasteiger partial charge in [-0.2, -0.15) is 0 Å². The van der Waals surface area contributed by atoms with Gasteiger partial charge in [-0.05, 0) is 19.4 Å². The summed E-state index contributed by atoms with van der Waals surface area (Å²) in [5.41, 5.74) is 1.11. The van der Waals surface area contributed by atoms with Gasteiger partial charge in [0, 0.05) is 57.9 Å². The zero-order valence-corrected chi connectivity index (χ0v) is 17.9. The van der Waals surface area contributed by atoms with Gasteiger partial charge < -0.3 is 24.4 Å². The van der Waals surface area contributed by atoms with E-state index in [-0.39, 0.29) is 0 Å². The number of nitrogens with zero attached hydrogens (tertiary/aromatic N) is 3. The van der Waals surface area contributed by atoms with E-state index in [0.717, 1.165) is 82.8 Å². The number of aliphatic imine (C=N–C) groups is 1. The lowest BCUT2D eigenvalue weighted by Crippen LogP contribution is -2.41. The molecule has 0 radical (unpaired) electrons. The van der Waals surface area contributed by atoms with E-state index in [4.69, 9.17) is 19.2 Å². The van der Waals surface area contributed by atoms with E-state index in [2.05, 4.69) is 35.2 Å². The largest absolute Gasteiger partial charge is 0.492 e. The summed E-state index contributed by atoms with van der Waals surface area (Å²) in [4.78, 5) is 9.47. The van der Waals surface area contributed by atoms with Crippen LogP contribution in [0.25, 0.3) is 0 Å². The Balaban J connectivity index is 1.55. The summed E-state index contributed by atoms with van der Waals surface area (Å²) >= 11 is 0. The molecule has 29 heavy (non-hydrogen) atoms. The highest BCUT2D eigenvalue weighted by atomic mass is 16.5. The third-order valence-corrected chi connectivity index (χ3v) is 5.39. The molecule has 2 aliphatic heterocycles. The van der Waals surface area contributed by atoms with Crippen LogP contribution in [0.15, 0.2) is 29.3 Å². The second-order valence-electron chi connectivity index (χ2n) is 7.69. The van der Waals surface area contributed by atoms with Crippen LogP contribution in [0.5, 0.6) is 5.75 Å². The smallest absolute Gasteiger partial charge is 0.193 e. The van der Waals surface area contributed by atoms with Crippen LogP contribution in [0.2, 0.25) is 0 Å². The number of hydrogen-bond acceptors (Lipinski definition) is 5. The molecule has 162 valence electrons. The maximum Gasteiger partial charge on any atom is 0.193 e. The SMILES string of the molecule is CCNC(=NCc1ccccc1OCCN1CCOCC1)N(C)CC1CCOC1. The zero-order valence-electron chi connectivity index (χ0n) is 17.9. The van der Waals surface area contributed by atoms with E-state index in [9.17, 15) is 0 Å². The predicted molar refractivity (Wildman–Crippen MR) is 116 cm³/mol. The van der Waals surface area contributed by atoms with Gasteiger partial charge in [0.05, 0.1) is 26.4 Å². The van der Waals surface area contributed by atoms with Gasteiger partial charge in [0.2, 0.25) is 0 Å². The Kier molecular flexibility index (Phi) is 9.05. The normalized spacial score (nSPS) is 20.6. The van der Waals surface area contributed by atoms with Gasteiger partial charge in [0.1, 0.15) is 12.4 Å². The van der Waals surface area contributed by atoms with E-state index in [1.165, 1.54) is 0 Å². The molecule has 0 aliphatic carbocycles. The van der Waals surface area contributed by atoms with Crippen LogP contribution in [-0.4, -0.2) is 88.6 Å². The number of nitrogens with one attached hydrogen (secondary N) is 1. The highest BCUT2D eigenvalue weighted by molar-refractivity contribution is 5.79. The van der Waals surface area contributed by atoms with Gasteiger partial charge >= 0.3 is 0 Å². The minimum Gasteiger partial charge on any atom is -0.492 e. The summed E-state index contributed by atoms with van der Waals surface area (Å²) in [5.74, 6) is 2.44. The molecule has 0 amide bonds. The molecule has 1 N–H and O–H groups in total. The Hall–Kier alpha value is -1.83. The molecule has 0 spiro atoms. The first-order valence-electron chi connectivity index (χ1n) is 10.8. The topological polar surface area (TPSA) is 58.6 Å². The first-order valence-corrected chi connectivity index (χ1v) is 10.8. The summed E-state index contributed by atoms with van der Waals surface area (Å²) in [6.07, 6.45) is 1.13. The average Bonchev–Trinajstić information content (AvgIpc) is 3.25. The Morgan fingerprint density at radius 1 is 1.24 bits per heavy atom. The van der Waals surface area contributed by atoms with E-state index >= 15 is 0 Å². The van der Waals surface area contributed by atoms with Crippen LogP contribution in [0.4, 0.5) is 0 Å². The molecular formula is C22H36N4O3. The van der Waals surface area contributed by atoms with Crippen molar-refractivity contribution in [2.45, 2.75) is 19.9 Å². The number of para-hydroxylation sites is 1. The van der Waals surface area contributed by atoms with Gasteiger partial charge in [-0.1, -0.05) is 18.2 Å². The van der Waals surface area contributed by atoms with Gasteiger partial charge in [0.25, 0.3) is 0 Å². The molecule has 0 saturated carbocycles. The Bertz CT molecular complexity index is 628. The standard InChI is InChI=1S/C22H36N4O3/c1-3-23-22(25(2)17-19-8-12-28-18-19)24-16-20-6-4-5-7-21(20)29-15-11-26-9-13-27-14-10-26/h4-7,19H,3,8-18H2,1-2H3,(H,23,24). The van der Waals surface area contributed by atoms with Crippen LogP contribution in [0.3, 0.4) is 0 Å². The van der Waals surface area contributed by atoms with Crippen LogP contribution >= 0.6 is 0 Å². The molecule has 2 heterocycles. The molecule has 7 nitrogen and oxygen atoms in total. The summed E-state index contributed by atoms with van der Waals surface area (Å²) in [5, 5.41) is 3.41. The van der Waals surface area contributed by atoms with Crippen LogP contribution in [0, 0.1) is 5.92 Å². The van der Waals surface area contributed by atoms with Gasteiger partial charge in [-0.15, -0.1) is 0 Å². The van der Waals surface area contributed by atoms with Crippen molar-refractivity contribution in [1.29, 1.82) is 0 Å². The minimum absolute atomic E-state index is 0.583. The van der Waals surface area contributed by atoms with E-state index in [1.807, 2.05) is 18.2 Å². The quantitative estimate of drug-likeness (QED) is 0.501. The van der Waals surface area contributed by atoms with Crippen molar-refractivity contribution in [2.75, 3.05) is 72.8 Å². The van der Waals surface area contributed by atoms with Crippen molar-refractivity contribution >= 4 is 5.96 Å². The van der Waals surface area contributed by atoms with Crippen LogP contribution in [-0.2, 0) is 16.0 Å². The highest BCUT2D eigenvalue weighted by Crippen LogP contribution is 2.19. The lowest BCUT2D eigenvalue weighted by atomic mass is 10.1. The maximum absolute atomic E-state index is 6.10.